The molecule has 0 aliphatic carbocycles. The second-order valence-corrected chi connectivity index (χ2v) is 8.89. The predicted molar refractivity (Wildman–Crippen MR) is 142 cm³/mol. The molecule has 0 radical (unpaired) electrons. The minimum Gasteiger partial charge on any atom is -0.369 e. The summed E-state index contributed by atoms with van der Waals surface area (Å²) in [5.74, 6) is 0.0528. The van der Waals surface area contributed by atoms with Crippen LogP contribution >= 0.6 is 0 Å². The van der Waals surface area contributed by atoms with E-state index in [2.05, 4.69) is 67.6 Å². The highest BCUT2D eigenvalue weighted by Gasteiger charge is 2.20. The molecule has 2 aliphatic heterocycles. The van der Waals surface area contributed by atoms with Crippen LogP contribution in [0.25, 0.3) is 5.57 Å². The minimum atomic E-state index is 0.0528. The monoisotopic (exact) mass is 465 g/mol. The Balaban J connectivity index is 1.18. The number of nitrogens with zero attached hydrogens (tertiary/aromatic N) is 4. The summed E-state index contributed by atoms with van der Waals surface area (Å²) in [6.45, 7) is 5.30. The highest BCUT2D eigenvalue weighted by Crippen LogP contribution is 2.25. The fraction of sp³-hybridized carbons (Fsp3) is 0.241. The van der Waals surface area contributed by atoms with Gasteiger partial charge in [0.05, 0.1) is 12.2 Å². The van der Waals surface area contributed by atoms with Gasteiger partial charge >= 0.3 is 0 Å². The van der Waals surface area contributed by atoms with Gasteiger partial charge < -0.3 is 15.1 Å². The summed E-state index contributed by atoms with van der Waals surface area (Å²) in [4.78, 5) is 24.3. The van der Waals surface area contributed by atoms with Crippen LogP contribution in [0.15, 0.2) is 103 Å². The van der Waals surface area contributed by atoms with E-state index in [1.807, 2.05) is 48.5 Å². The summed E-state index contributed by atoms with van der Waals surface area (Å²) in [5, 5.41) is 3.17. The van der Waals surface area contributed by atoms with Crippen molar-refractivity contribution in [3.63, 3.8) is 0 Å². The lowest BCUT2D eigenvalue weighted by atomic mass is 10.1. The Hall–Kier alpha value is -3.90. The van der Waals surface area contributed by atoms with Gasteiger partial charge in [-0.3, -0.25) is 14.7 Å². The van der Waals surface area contributed by atoms with E-state index in [0.717, 1.165) is 55.4 Å². The molecule has 3 aromatic rings. The number of pyridine rings is 1. The molecule has 1 fully saturated rings. The third-order valence-electron chi connectivity index (χ3n) is 6.46. The number of amides is 1. The standard InChI is InChI=1S/C29H31N5O/c35-29(14-16-32-17-19-33(20-18-32)26-9-3-1-4-10-26)31-25-21-24(28-13-7-8-15-30-28)22-34(23-25)27-11-5-2-6-12-27/h1-13,15,21-22H,14,16-20,23H2,(H,31,35). The van der Waals surface area contributed by atoms with Gasteiger partial charge in [0.1, 0.15) is 0 Å². The van der Waals surface area contributed by atoms with Crippen molar-refractivity contribution in [3.8, 4) is 0 Å². The maximum atomic E-state index is 12.9. The average Bonchev–Trinajstić information content (AvgIpc) is 2.93. The van der Waals surface area contributed by atoms with E-state index in [4.69, 9.17) is 0 Å². The lowest BCUT2D eigenvalue weighted by Crippen LogP contribution is -2.47. The van der Waals surface area contributed by atoms with Crippen LogP contribution in [0.3, 0.4) is 0 Å². The molecule has 2 aliphatic rings. The van der Waals surface area contributed by atoms with Crippen molar-refractivity contribution in [2.45, 2.75) is 6.42 Å². The van der Waals surface area contributed by atoms with Crippen LogP contribution in [0.4, 0.5) is 11.4 Å². The fourth-order valence-corrected chi connectivity index (χ4v) is 4.57. The third-order valence-corrected chi connectivity index (χ3v) is 6.46. The van der Waals surface area contributed by atoms with Crippen molar-refractivity contribution in [3.05, 3.63) is 109 Å². The van der Waals surface area contributed by atoms with Crippen molar-refractivity contribution >= 4 is 22.9 Å². The smallest absolute Gasteiger partial charge is 0.225 e. The number of anilines is 2. The zero-order valence-corrected chi connectivity index (χ0v) is 19.9. The summed E-state index contributed by atoms with van der Waals surface area (Å²) in [7, 11) is 0. The molecule has 1 aromatic heterocycles. The summed E-state index contributed by atoms with van der Waals surface area (Å²) in [6, 6.07) is 26.6. The largest absolute Gasteiger partial charge is 0.369 e. The Kier molecular flexibility index (Phi) is 7.20. The molecule has 0 saturated carbocycles. The van der Waals surface area contributed by atoms with Crippen LogP contribution < -0.4 is 15.1 Å². The Morgan fingerprint density at radius 1 is 0.829 bits per heavy atom. The maximum absolute atomic E-state index is 12.9. The molecule has 0 atom stereocenters. The highest BCUT2D eigenvalue weighted by molar-refractivity contribution is 5.82. The van der Waals surface area contributed by atoms with Crippen molar-refractivity contribution in [2.75, 3.05) is 49.1 Å². The number of carbonyl (C=O) groups excluding carboxylic acids is 1. The first kappa shape index (κ1) is 22.9. The lowest BCUT2D eigenvalue weighted by Gasteiger charge is -2.36. The Morgan fingerprint density at radius 3 is 2.20 bits per heavy atom. The van der Waals surface area contributed by atoms with E-state index in [-0.39, 0.29) is 5.91 Å². The van der Waals surface area contributed by atoms with Crippen LogP contribution in [-0.2, 0) is 4.79 Å². The first-order valence-electron chi connectivity index (χ1n) is 12.2. The van der Waals surface area contributed by atoms with E-state index in [0.29, 0.717) is 13.0 Å². The van der Waals surface area contributed by atoms with Gasteiger partial charge in [-0.05, 0) is 42.5 Å². The zero-order chi connectivity index (χ0) is 23.9. The Labute approximate surface area is 207 Å². The number of piperazine rings is 1. The second kappa shape index (κ2) is 11.0. The molecule has 1 N–H and O–H groups in total. The van der Waals surface area contributed by atoms with Crippen LogP contribution in [0, 0.1) is 0 Å². The number of carbonyl (C=O) groups is 1. The average molecular weight is 466 g/mol. The van der Waals surface area contributed by atoms with E-state index < -0.39 is 0 Å². The molecule has 3 heterocycles. The molecule has 1 amide bonds. The minimum absolute atomic E-state index is 0.0528. The van der Waals surface area contributed by atoms with Crippen molar-refractivity contribution in [2.24, 2.45) is 0 Å². The number of benzene rings is 2. The molecule has 2 aromatic carbocycles. The molecule has 1 saturated heterocycles. The first-order chi connectivity index (χ1) is 17.2. The number of aromatic nitrogens is 1. The summed E-state index contributed by atoms with van der Waals surface area (Å²) in [6.07, 6.45) is 6.41. The molecule has 6 heteroatoms. The Bertz CT molecular complexity index is 1170. The molecular weight excluding hydrogens is 434 g/mol. The molecule has 178 valence electrons. The van der Waals surface area contributed by atoms with Crippen molar-refractivity contribution in [1.29, 1.82) is 0 Å². The number of hydrogen-bond donors (Lipinski definition) is 1. The van der Waals surface area contributed by atoms with E-state index >= 15 is 0 Å². The lowest BCUT2D eigenvalue weighted by molar-refractivity contribution is -0.120. The van der Waals surface area contributed by atoms with E-state index in [9.17, 15) is 4.79 Å². The summed E-state index contributed by atoms with van der Waals surface area (Å²) in [5.41, 5.74) is 5.10. The number of para-hydroxylation sites is 2. The fourth-order valence-electron chi connectivity index (χ4n) is 4.57. The molecular formula is C29H31N5O. The van der Waals surface area contributed by atoms with Gasteiger partial charge in [0, 0.05) is 74.2 Å². The van der Waals surface area contributed by atoms with E-state index in [1.165, 1.54) is 5.69 Å². The van der Waals surface area contributed by atoms with Crippen LogP contribution in [0.1, 0.15) is 12.1 Å². The SMILES string of the molecule is O=C(CCN1CCN(c2ccccc2)CC1)NC1=CC(c2ccccn2)=CN(c2ccccc2)C1. The van der Waals surface area contributed by atoms with Crippen LogP contribution in [0.2, 0.25) is 0 Å². The molecule has 0 bridgehead atoms. The van der Waals surface area contributed by atoms with Gasteiger partial charge in [0.25, 0.3) is 0 Å². The normalized spacial score (nSPS) is 16.5. The second-order valence-electron chi connectivity index (χ2n) is 8.89. The van der Waals surface area contributed by atoms with Crippen molar-refractivity contribution < 1.29 is 4.79 Å². The number of rotatable bonds is 7. The number of allylic oxidation sites excluding steroid dienone is 2. The maximum Gasteiger partial charge on any atom is 0.225 e. The summed E-state index contributed by atoms with van der Waals surface area (Å²) < 4.78 is 0. The van der Waals surface area contributed by atoms with Gasteiger partial charge in [-0.1, -0.05) is 42.5 Å². The topological polar surface area (TPSA) is 51.7 Å². The first-order valence-corrected chi connectivity index (χ1v) is 12.2. The van der Waals surface area contributed by atoms with Gasteiger partial charge in [-0.25, -0.2) is 0 Å². The molecule has 0 spiro atoms. The summed E-state index contributed by atoms with van der Waals surface area (Å²) >= 11 is 0. The number of nitrogens with one attached hydrogen (secondary N) is 1. The molecule has 6 nitrogen and oxygen atoms in total. The van der Waals surface area contributed by atoms with Gasteiger partial charge in [-0.15, -0.1) is 0 Å². The quantitative estimate of drug-likeness (QED) is 0.568. The molecule has 0 unspecified atom stereocenters. The van der Waals surface area contributed by atoms with E-state index in [1.54, 1.807) is 6.20 Å². The van der Waals surface area contributed by atoms with Gasteiger partial charge in [0.2, 0.25) is 5.91 Å². The Morgan fingerprint density at radius 2 is 1.51 bits per heavy atom. The highest BCUT2D eigenvalue weighted by atomic mass is 16.1. The molecule has 35 heavy (non-hydrogen) atoms. The predicted octanol–water partition coefficient (Wildman–Crippen LogP) is 4.16. The number of hydrogen-bond acceptors (Lipinski definition) is 5. The zero-order valence-electron chi connectivity index (χ0n) is 19.9. The van der Waals surface area contributed by atoms with Crippen LogP contribution in [0.5, 0.6) is 0 Å². The third kappa shape index (κ3) is 5.97. The molecule has 5 rings (SSSR count). The van der Waals surface area contributed by atoms with Crippen molar-refractivity contribution in [1.82, 2.24) is 15.2 Å². The van der Waals surface area contributed by atoms with Gasteiger partial charge in [0.15, 0.2) is 0 Å². The van der Waals surface area contributed by atoms with Crippen LogP contribution in [-0.4, -0.2) is 55.1 Å². The van der Waals surface area contributed by atoms with Gasteiger partial charge in [-0.2, -0.15) is 0 Å².